The summed E-state index contributed by atoms with van der Waals surface area (Å²) in [5.41, 5.74) is 17.6. The van der Waals surface area contributed by atoms with Crippen molar-refractivity contribution < 1.29 is 4.79 Å². The highest BCUT2D eigenvalue weighted by Crippen LogP contribution is 2.50. The fourth-order valence-electron chi connectivity index (χ4n) is 5.94. The zero-order valence-electron chi connectivity index (χ0n) is 19.9. The van der Waals surface area contributed by atoms with Gasteiger partial charge >= 0.3 is 0 Å². The van der Waals surface area contributed by atoms with Crippen molar-refractivity contribution in [2.24, 2.45) is 11.1 Å². The molecule has 4 heterocycles. The van der Waals surface area contributed by atoms with E-state index in [-0.39, 0.29) is 28.9 Å². The zero-order chi connectivity index (χ0) is 24.2. The number of fused-ring (bicyclic) bond motifs is 2. The number of rotatable bonds is 3. The lowest BCUT2D eigenvalue weighted by Crippen LogP contribution is -2.44. The van der Waals surface area contributed by atoms with Crippen molar-refractivity contribution in [3.63, 3.8) is 0 Å². The molecule has 1 fully saturated rings. The number of carbonyl (C=O) groups is 1. The Morgan fingerprint density at radius 1 is 1.11 bits per heavy atom. The maximum atomic E-state index is 13.3. The van der Waals surface area contributed by atoms with Crippen molar-refractivity contribution in [2.75, 3.05) is 47.5 Å². The van der Waals surface area contributed by atoms with E-state index in [1.54, 1.807) is 11.1 Å². The third-order valence-electron chi connectivity index (χ3n) is 7.98. The molecule has 9 nitrogen and oxygen atoms in total. The number of nitrogens with one attached hydrogen (secondary N) is 1. The van der Waals surface area contributed by atoms with E-state index in [4.69, 9.17) is 11.5 Å². The molecule has 180 valence electrons. The SMILES string of the molecule is CNc1ccc2c(n1)CCN2C(=O)c1ncc(N2CCC3(CC2)Cc2ccccc2C3N)nc1N. The lowest BCUT2D eigenvalue weighted by Gasteiger charge is -2.42. The quantitative estimate of drug-likeness (QED) is 0.533. The lowest BCUT2D eigenvalue weighted by molar-refractivity contribution is 0.0985. The van der Waals surface area contributed by atoms with Crippen LogP contribution >= 0.6 is 0 Å². The summed E-state index contributed by atoms with van der Waals surface area (Å²) >= 11 is 0. The number of anilines is 4. The summed E-state index contributed by atoms with van der Waals surface area (Å²) in [5.74, 6) is 1.41. The summed E-state index contributed by atoms with van der Waals surface area (Å²) in [6.45, 7) is 2.22. The maximum absolute atomic E-state index is 13.3. The molecule has 3 aromatic rings. The van der Waals surface area contributed by atoms with Crippen LogP contribution in [0.3, 0.4) is 0 Å². The molecule has 2 aliphatic heterocycles. The number of nitrogens with two attached hydrogens (primary N) is 2. The molecule has 0 radical (unpaired) electrons. The van der Waals surface area contributed by atoms with Gasteiger partial charge in [-0.15, -0.1) is 0 Å². The Hall–Kier alpha value is -3.72. The van der Waals surface area contributed by atoms with Gasteiger partial charge in [-0.05, 0) is 47.9 Å². The third-order valence-corrected chi connectivity index (χ3v) is 7.98. The Morgan fingerprint density at radius 3 is 2.66 bits per heavy atom. The first kappa shape index (κ1) is 21.8. The van der Waals surface area contributed by atoms with Crippen LogP contribution in [-0.2, 0) is 12.8 Å². The van der Waals surface area contributed by atoms with Crippen LogP contribution in [0.1, 0.15) is 46.2 Å². The Labute approximate surface area is 204 Å². The topological polar surface area (TPSA) is 126 Å². The normalized spacial score (nSPS) is 20.1. The molecule has 0 saturated carbocycles. The van der Waals surface area contributed by atoms with E-state index in [0.717, 1.165) is 49.6 Å². The highest BCUT2D eigenvalue weighted by atomic mass is 16.2. The van der Waals surface area contributed by atoms with Crippen LogP contribution in [0.2, 0.25) is 0 Å². The summed E-state index contributed by atoms with van der Waals surface area (Å²) in [6.07, 6.45) is 5.36. The number of hydrogen-bond acceptors (Lipinski definition) is 8. The van der Waals surface area contributed by atoms with Gasteiger partial charge in [-0.1, -0.05) is 24.3 Å². The van der Waals surface area contributed by atoms with Gasteiger partial charge in [0, 0.05) is 39.1 Å². The Kier molecular flexibility index (Phi) is 5.10. The monoisotopic (exact) mass is 470 g/mol. The molecule has 1 saturated heterocycles. The molecule has 1 aromatic carbocycles. The maximum Gasteiger partial charge on any atom is 0.280 e. The molecule has 1 unspecified atom stereocenters. The highest BCUT2D eigenvalue weighted by Gasteiger charge is 2.46. The molecule has 1 atom stereocenters. The van der Waals surface area contributed by atoms with Crippen molar-refractivity contribution in [1.29, 1.82) is 0 Å². The average molecular weight is 471 g/mol. The van der Waals surface area contributed by atoms with E-state index < -0.39 is 0 Å². The second-order valence-electron chi connectivity index (χ2n) is 9.78. The number of benzene rings is 1. The number of piperidine rings is 1. The minimum atomic E-state index is -0.244. The van der Waals surface area contributed by atoms with Crippen LogP contribution in [0.4, 0.5) is 23.1 Å². The Morgan fingerprint density at radius 2 is 1.91 bits per heavy atom. The van der Waals surface area contributed by atoms with Crippen molar-refractivity contribution in [2.45, 2.75) is 31.7 Å². The predicted octanol–water partition coefficient (Wildman–Crippen LogP) is 2.54. The molecule has 5 N–H and O–H groups in total. The first-order valence-corrected chi connectivity index (χ1v) is 12.2. The van der Waals surface area contributed by atoms with Gasteiger partial charge in [-0.2, -0.15) is 0 Å². The Balaban J connectivity index is 1.17. The van der Waals surface area contributed by atoms with E-state index in [1.165, 1.54) is 11.1 Å². The van der Waals surface area contributed by atoms with Crippen molar-refractivity contribution in [3.8, 4) is 0 Å². The van der Waals surface area contributed by atoms with Gasteiger partial charge in [-0.3, -0.25) is 4.79 Å². The third kappa shape index (κ3) is 3.49. The van der Waals surface area contributed by atoms with Crippen molar-refractivity contribution >= 4 is 29.0 Å². The molecule has 9 heteroatoms. The first-order chi connectivity index (χ1) is 17.0. The standard InChI is InChI=1S/C26H30N8O/c1-29-20-7-6-19-18(31-20)8-11-34(19)25(35)22-24(28)32-21(15-30-22)33-12-9-26(10-13-33)14-16-4-2-3-5-17(16)23(26)27/h2-7,15,23H,8-14,27H2,1H3,(H2,28,32)(H,29,31). The first-order valence-electron chi connectivity index (χ1n) is 12.2. The molecular weight excluding hydrogens is 440 g/mol. The summed E-state index contributed by atoms with van der Waals surface area (Å²) in [7, 11) is 1.83. The van der Waals surface area contributed by atoms with Crippen LogP contribution in [0.15, 0.2) is 42.6 Å². The summed E-state index contributed by atoms with van der Waals surface area (Å²) in [6, 6.07) is 12.4. The van der Waals surface area contributed by atoms with E-state index in [2.05, 4.69) is 49.4 Å². The largest absolute Gasteiger partial charge is 0.382 e. The number of amides is 1. The fraction of sp³-hybridized carbons (Fsp3) is 0.385. The second-order valence-corrected chi connectivity index (χ2v) is 9.78. The number of hydrogen-bond donors (Lipinski definition) is 3. The van der Waals surface area contributed by atoms with Crippen LogP contribution in [0.5, 0.6) is 0 Å². The van der Waals surface area contributed by atoms with Crippen LogP contribution in [-0.4, -0.2) is 47.5 Å². The summed E-state index contributed by atoms with van der Waals surface area (Å²) in [4.78, 5) is 30.7. The van der Waals surface area contributed by atoms with Gasteiger partial charge in [0.05, 0.1) is 17.6 Å². The van der Waals surface area contributed by atoms with Crippen molar-refractivity contribution in [3.05, 3.63) is 65.1 Å². The number of nitrogen functional groups attached to an aromatic ring is 1. The number of nitrogens with zero attached hydrogens (tertiary/aromatic N) is 5. The number of carbonyl (C=O) groups excluding carboxylic acids is 1. The minimum absolute atomic E-state index is 0.0685. The molecule has 1 spiro atoms. The van der Waals surface area contributed by atoms with Crippen LogP contribution in [0.25, 0.3) is 0 Å². The van der Waals surface area contributed by atoms with Gasteiger partial charge in [0.1, 0.15) is 11.6 Å². The van der Waals surface area contributed by atoms with Crippen LogP contribution < -0.4 is 26.6 Å². The van der Waals surface area contributed by atoms with Crippen LogP contribution in [0, 0.1) is 5.41 Å². The zero-order valence-corrected chi connectivity index (χ0v) is 19.9. The highest BCUT2D eigenvalue weighted by molar-refractivity contribution is 6.08. The van der Waals surface area contributed by atoms with Gasteiger partial charge < -0.3 is 26.6 Å². The number of pyridine rings is 1. The Bertz CT molecular complexity index is 1300. The minimum Gasteiger partial charge on any atom is -0.382 e. The van der Waals surface area contributed by atoms with Crippen molar-refractivity contribution in [1.82, 2.24) is 15.0 Å². The molecular formula is C26H30N8O. The molecule has 35 heavy (non-hydrogen) atoms. The van der Waals surface area contributed by atoms with Gasteiger partial charge in [0.25, 0.3) is 5.91 Å². The van der Waals surface area contributed by atoms with Gasteiger partial charge in [-0.25, -0.2) is 15.0 Å². The average Bonchev–Trinajstić information content (AvgIpc) is 3.43. The van der Waals surface area contributed by atoms with Gasteiger partial charge in [0.15, 0.2) is 11.5 Å². The summed E-state index contributed by atoms with van der Waals surface area (Å²) < 4.78 is 0. The predicted molar refractivity (Wildman–Crippen MR) is 137 cm³/mol. The molecule has 0 bridgehead atoms. The molecule has 6 rings (SSSR count). The molecule has 3 aliphatic rings. The van der Waals surface area contributed by atoms with Gasteiger partial charge in [0.2, 0.25) is 0 Å². The summed E-state index contributed by atoms with van der Waals surface area (Å²) in [5, 5.41) is 3.03. The van der Waals surface area contributed by atoms with E-state index in [0.29, 0.717) is 18.8 Å². The lowest BCUT2D eigenvalue weighted by atomic mass is 9.73. The fourth-order valence-corrected chi connectivity index (χ4v) is 5.94. The van der Waals surface area contributed by atoms with E-state index in [1.807, 2.05) is 19.2 Å². The molecule has 1 aliphatic carbocycles. The van der Waals surface area contributed by atoms with E-state index in [9.17, 15) is 4.79 Å². The number of aromatic nitrogens is 3. The van der Waals surface area contributed by atoms with E-state index >= 15 is 0 Å². The smallest absolute Gasteiger partial charge is 0.280 e. The molecule has 2 aromatic heterocycles. The molecule has 1 amide bonds. The second kappa shape index (κ2) is 8.20.